The summed E-state index contributed by atoms with van der Waals surface area (Å²) in [6, 6.07) is 1.88. The number of thiophene rings is 1. The van der Waals surface area contributed by atoms with E-state index in [0.717, 1.165) is 24.2 Å². The van der Waals surface area contributed by atoms with Crippen LogP contribution in [0.25, 0.3) is 0 Å². The molecule has 0 saturated carbocycles. The van der Waals surface area contributed by atoms with E-state index in [1.807, 2.05) is 11.4 Å². The highest BCUT2D eigenvalue weighted by Crippen LogP contribution is 2.22. The van der Waals surface area contributed by atoms with Crippen molar-refractivity contribution < 1.29 is 9.53 Å². The molecule has 0 bridgehead atoms. The van der Waals surface area contributed by atoms with Crippen LogP contribution in [-0.4, -0.2) is 50.2 Å². The molecule has 2 heterocycles. The first kappa shape index (κ1) is 13.0. The fourth-order valence-electron chi connectivity index (χ4n) is 1.73. The highest BCUT2D eigenvalue weighted by atomic mass is 79.9. The summed E-state index contributed by atoms with van der Waals surface area (Å²) in [5.41, 5.74) is 0. The number of nitrogens with one attached hydrogen (secondary N) is 1. The first-order valence-corrected chi connectivity index (χ1v) is 7.15. The maximum Gasteiger partial charge on any atom is 0.262 e. The molecule has 4 nitrogen and oxygen atoms in total. The van der Waals surface area contributed by atoms with Crippen LogP contribution in [0.2, 0.25) is 0 Å². The second kappa shape index (κ2) is 5.95. The summed E-state index contributed by atoms with van der Waals surface area (Å²) >= 11 is 4.79. The molecule has 1 aromatic heterocycles. The van der Waals surface area contributed by atoms with E-state index in [9.17, 15) is 4.79 Å². The molecule has 1 N–H and O–H groups in total. The Morgan fingerprint density at radius 3 is 3.24 bits per heavy atom. The average molecular weight is 319 g/mol. The van der Waals surface area contributed by atoms with Crippen molar-refractivity contribution in [1.82, 2.24) is 10.2 Å². The van der Waals surface area contributed by atoms with Gasteiger partial charge in [0.2, 0.25) is 0 Å². The fourth-order valence-corrected chi connectivity index (χ4v) is 3.20. The highest BCUT2D eigenvalue weighted by Gasteiger charge is 2.19. The first-order valence-electron chi connectivity index (χ1n) is 5.48. The summed E-state index contributed by atoms with van der Waals surface area (Å²) in [4.78, 5) is 14.8. The van der Waals surface area contributed by atoms with E-state index in [4.69, 9.17) is 4.74 Å². The molecule has 1 amide bonds. The predicted octanol–water partition coefficient (Wildman–Crippen LogP) is 1.57. The van der Waals surface area contributed by atoms with Crippen LogP contribution in [0.5, 0.6) is 0 Å². The van der Waals surface area contributed by atoms with Gasteiger partial charge in [-0.15, -0.1) is 11.3 Å². The summed E-state index contributed by atoms with van der Waals surface area (Å²) in [6.07, 6.45) is 0.0939. The number of ether oxygens (including phenoxy) is 1. The lowest BCUT2D eigenvalue weighted by molar-refractivity contribution is -0.0174. The monoisotopic (exact) mass is 318 g/mol. The Hall–Kier alpha value is -0.430. The molecule has 17 heavy (non-hydrogen) atoms. The molecule has 1 aliphatic heterocycles. The summed E-state index contributed by atoms with van der Waals surface area (Å²) in [6.45, 7) is 3.13. The van der Waals surface area contributed by atoms with Crippen molar-refractivity contribution in [3.05, 3.63) is 20.8 Å². The molecule has 1 aliphatic rings. The van der Waals surface area contributed by atoms with Crippen LogP contribution in [0.15, 0.2) is 15.9 Å². The Labute approximate surface area is 113 Å². The van der Waals surface area contributed by atoms with Gasteiger partial charge in [-0.2, -0.15) is 0 Å². The quantitative estimate of drug-likeness (QED) is 0.920. The van der Waals surface area contributed by atoms with Gasteiger partial charge >= 0.3 is 0 Å². The number of amides is 1. The Balaban J connectivity index is 1.82. The van der Waals surface area contributed by atoms with Crippen LogP contribution in [0, 0.1) is 0 Å². The van der Waals surface area contributed by atoms with E-state index in [0.29, 0.717) is 11.4 Å². The zero-order valence-electron chi connectivity index (χ0n) is 9.61. The van der Waals surface area contributed by atoms with Gasteiger partial charge in [0.15, 0.2) is 0 Å². The third kappa shape index (κ3) is 3.51. The lowest BCUT2D eigenvalue weighted by Crippen LogP contribution is -2.45. The summed E-state index contributed by atoms with van der Waals surface area (Å²) < 4.78 is 6.43. The molecule has 1 unspecified atom stereocenters. The fraction of sp³-hybridized carbons (Fsp3) is 0.545. The van der Waals surface area contributed by atoms with Gasteiger partial charge in [0, 0.05) is 24.1 Å². The SMILES string of the molecule is CN1CCOC(CNC(=O)c2sccc2Br)C1. The second-order valence-corrected chi connectivity index (χ2v) is 5.83. The molecule has 1 atom stereocenters. The third-order valence-electron chi connectivity index (χ3n) is 2.66. The standard InChI is InChI=1S/C11H15BrN2O2S/c1-14-3-4-16-8(7-14)6-13-11(15)10-9(12)2-5-17-10/h2,5,8H,3-4,6-7H2,1H3,(H,13,15). The first-order chi connectivity index (χ1) is 8.16. The molecular weight excluding hydrogens is 304 g/mol. The van der Waals surface area contributed by atoms with E-state index in [-0.39, 0.29) is 12.0 Å². The molecule has 6 heteroatoms. The van der Waals surface area contributed by atoms with E-state index in [1.165, 1.54) is 11.3 Å². The predicted molar refractivity (Wildman–Crippen MR) is 71.6 cm³/mol. The third-order valence-corrected chi connectivity index (χ3v) is 4.49. The van der Waals surface area contributed by atoms with Crippen LogP contribution in [0.3, 0.4) is 0 Å². The van der Waals surface area contributed by atoms with E-state index in [2.05, 4.69) is 33.2 Å². The summed E-state index contributed by atoms with van der Waals surface area (Å²) in [5, 5.41) is 4.80. The zero-order chi connectivity index (χ0) is 12.3. The lowest BCUT2D eigenvalue weighted by atomic mass is 10.3. The minimum Gasteiger partial charge on any atom is -0.374 e. The molecule has 1 aromatic rings. The van der Waals surface area contributed by atoms with Gasteiger partial charge in [-0.3, -0.25) is 4.79 Å². The Morgan fingerprint density at radius 2 is 2.59 bits per heavy atom. The molecule has 0 aromatic carbocycles. The van der Waals surface area contributed by atoms with Crippen LogP contribution < -0.4 is 5.32 Å². The Bertz CT molecular complexity index is 397. The molecule has 0 spiro atoms. The molecule has 1 fully saturated rings. The normalized spacial score (nSPS) is 21.4. The minimum absolute atomic E-state index is 0.0382. The molecule has 2 rings (SSSR count). The number of morpholine rings is 1. The maximum absolute atomic E-state index is 11.9. The topological polar surface area (TPSA) is 41.6 Å². The molecule has 0 aliphatic carbocycles. The van der Waals surface area contributed by atoms with Gasteiger partial charge < -0.3 is 15.0 Å². The van der Waals surface area contributed by atoms with Crippen LogP contribution in [-0.2, 0) is 4.74 Å². The number of rotatable bonds is 3. The van der Waals surface area contributed by atoms with Crippen molar-refractivity contribution in [2.45, 2.75) is 6.10 Å². The number of nitrogens with zero attached hydrogens (tertiary/aromatic N) is 1. The maximum atomic E-state index is 11.9. The molecular formula is C11H15BrN2O2S. The molecule has 0 radical (unpaired) electrons. The van der Waals surface area contributed by atoms with Gasteiger partial charge in [-0.1, -0.05) is 0 Å². The minimum atomic E-state index is -0.0382. The average Bonchev–Trinajstić information content (AvgIpc) is 2.72. The van der Waals surface area contributed by atoms with Gasteiger partial charge in [0.25, 0.3) is 5.91 Å². The van der Waals surface area contributed by atoms with Crippen molar-refractivity contribution in [3.63, 3.8) is 0 Å². The van der Waals surface area contributed by atoms with Crippen LogP contribution in [0.1, 0.15) is 9.67 Å². The summed E-state index contributed by atoms with van der Waals surface area (Å²) in [5.74, 6) is -0.0382. The Morgan fingerprint density at radius 1 is 1.76 bits per heavy atom. The largest absolute Gasteiger partial charge is 0.374 e. The van der Waals surface area contributed by atoms with Crippen molar-refractivity contribution in [2.75, 3.05) is 33.3 Å². The lowest BCUT2D eigenvalue weighted by Gasteiger charge is -2.30. The number of carbonyl (C=O) groups excluding carboxylic acids is 1. The second-order valence-electron chi connectivity index (χ2n) is 4.06. The summed E-state index contributed by atoms with van der Waals surface area (Å²) in [7, 11) is 2.06. The smallest absolute Gasteiger partial charge is 0.262 e. The molecule has 94 valence electrons. The van der Waals surface area contributed by atoms with Crippen molar-refractivity contribution >= 4 is 33.2 Å². The van der Waals surface area contributed by atoms with Crippen molar-refractivity contribution in [2.24, 2.45) is 0 Å². The number of likely N-dealkylation sites (N-methyl/N-ethyl adjacent to an activating group) is 1. The van der Waals surface area contributed by atoms with Gasteiger partial charge in [0.1, 0.15) is 4.88 Å². The van der Waals surface area contributed by atoms with E-state index in [1.54, 1.807) is 0 Å². The van der Waals surface area contributed by atoms with E-state index < -0.39 is 0 Å². The van der Waals surface area contributed by atoms with Gasteiger partial charge in [0.05, 0.1) is 12.7 Å². The van der Waals surface area contributed by atoms with Crippen molar-refractivity contribution in [1.29, 1.82) is 0 Å². The van der Waals surface area contributed by atoms with Crippen molar-refractivity contribution in [3.8, 4) is 0 Å². The number of hydrogen-bond acceptors (Lipinski definition) is 4. The number of carbonyl (C=O) groups is 1. The zero-order valence-corrected chi connectivity index (χ0v) is 12.0. The van der Waals surface area contributed by atoms with Crippen LogP contribution in [0.4, 0.5) is 0 Å². The highest BCUT2D eigenvalue weighted by molar-refractivity contribution is 9.10. The molecule has 1 saturated heterocycles. The van der Waals surface area contributed by atoms with Gasteiger partial charge in [-0.05, 0) is 34.4 Å². The van der Waals surface area contributed by atoms with Crippen LogP contribution >= 0.6 is 27.3 Å². The van der Waals surface area contributed by atoms with E-state index >= 15 is 0 Å². The van der Waals surface area contributed by atoms with Gasteiger partial charge in [-0.25, -0.2) is 0 Å². The number of hydrogen-bond donors (Lipinski definition) is 1. The Kier molecular flexibility index (Phi) is 4.55. The number of halogens is 1.